The van der Waals surface area contributed by atoms with Gasteiger partial charge in [0.1, 0.15) is 11.6 Å². The van der Waals surface area contributed by atoms with Crippen molar-refractivity contribution in [3.05, 3.63) is 48.4 Å². The van der Waals surface area contributed by atoms with E-state index >= 15 is 0 Å². The lowest BCUT2D eigenvalue weighted by molar-refractivity contribution is 0.620. The number of pyridine rings is 1. The summed E-state index contributed by atoms with van der Waals surface area (Å²) in [6.45, 7) is 3.33. The standard InChI is InChI=1S/C15H17FN4/c16-12-4-5-13(17)14(11-12)19-7-9-20(10-8-19)15-3-1-2-6-18-15/h1-6,11H,7-10,17H2. The number of nitrogens with zero attached hydrogens (tertiary/aromatic N) is 3. The summed E-state index contributed by atoms with van der Waals surface area (Å²) in [6.07, 6.45) is 1.80. The second-order valence-corrected chi connectivity index (χ2v) is 4.87. The van der Waals surface area contributed by atoms with Crippen LogP contribution in [0.2, 0.25) is 0 Å². The number of anilines is 3. The maximum atomic E-state index is 13.3. The predicted molar refractivity (Wildman–Crippen MR) is 79.5 cm³/mol. The summed E-state index contributed by atoms with van der Waals surface area (Å²) in [5.74, 6) is 0.737. The molecule has 1 aliphatic rings. The number of aromatic nitrogens is 1. The lowest BCUT2D eigenvalue weighted by Gasteiger charge is -2.37. The number of nitrogen functional groups attached to an aromatic ring is 1. The van der Waals surface area contributed by atoms with Gasteiger partial charge in [-0.05, 0) is 30.3 Å². The molecule has 2 heterocycles. The first kappa shape index (κ1) is 12.7. The fourth-order valence-corrected chi connectivity index (χ4v) is 2.51. The molecule has 1 aromatic heterocycles. The van der Waals surface area contributed by atoms with E-state index in [0.29, 0.717) is 5.69 Å². The molecular formula is C15H17FN4. The Labute approximate surface area is 117 Å². The predicted octanol–water partition coefficient (Wildman–Crippen LogP) is 2.13. The average Bonchev–Trinajstić information content (AvgIpc) is 2.51. The molecule has 3 rings (SSSR count). The minimum absolute atomic E-state index is 0.249. The summed E-state index contributed by atoms with van der Waals surface area (Å²) in [5.41, 5.74) is 7.34. The molecule has 0 radical (unpaired) electrons. The molecule has 104 valence electrons. The molecule has 20 heavy (non-hydrogen) atoms. The third-order valence-corrected chi connectivity index (χ3v) is 3.59. The number of hydrogen-bond acceptors (Lipinski definition) is 4. The second-order valence-electron chi connectivity index (χ2n) is 4.87. The summed E-state index contributed by atoms with van der Waals surface area (Å²) < 4.78 is 13.3. The van der Waals surface area contributed by atoms with Crippen molar-refractivity contribution in [2.24, 2.45) is 0 Å². The van der Waals surface area contributed by atoms with Gasteiger partial charge in [-0.3, -0.25) is 0 Å². The van der Waals surface area contributed by atoms with Crippen molar-refractivity contribution in [2.45, 2.75) is 0 Å². The van der Waals surface area contributed by atoms with E-state index in [0.717, 1.165) is 37.7 Å². The monoisotopic (exact) mass is 272 g/mol. The maximum absolute atomic E-state index is 13.3. The van der Waals surface area contributed by atoms with Gasteiger partial charge in [-0.15, -0.1) is 0 Å². The fraction of sp³-hybridized carbons (Fsp3) is 0.267. The number of halogens is 1. The summed E-state index contributed by atoms with van der Waals surface area (Å²) in [4.78, 5) is 8.71. The van der Waals surface area contributed by atoms with Crippen LogP contribution in [0.5, 0.6) is 0 Å². The van der Waals surface area contributed by atoms with Crippen LogP contribution in [-0.2, 0) is 0 Å². The molecule has 0 unspecified atom stereocenters. The first-order chi connectivity index (χ1) is 9.74. The highest BCUT2D eigenvalue weighted by molar-refractivity contribution is 5.68. The van der Waals surface area contributed by atoms with E-state index in [-0.39, 0.29) is 5.82 Å². The normalized spacial score (nSPS) is 15.4. The number of piperazine rings is 1. The Morgan fingerprint density at radius 2 is 1.75 bits per heavy atom. The molecule has 2 N–H and O–H groups in total. The van der Waals surface area contributed by atoms with Crippen LogP contribution in [0.4, 0.5) is 21.6 Å². The number of benzene rings is 1. The van der Waals surface area contributed by atoms with Crippen LogP contribution in [0.1, 0.15) is 0 Å². The van der Waals surface area contributed by atoms with E-state index in [1.54, 1.807) is 12.3 Å². The third-order valence-electron chi connectivity index (χ3n) is 3.59. The van der Waals surface area contributed by atoms with E-state index in [4.69, 9.17) is 5.73 Å². The van der Waals surface area contributed by atoms with Gasteiger partial charge in [0.25, 0.3) is 0 Å². The highest BCUT2D eigenvalue weighted by Gasteiger charge is 2.19. The van der Waals surface area contributed by atoms with Gasteiger partial charge in [0.15, 0.2) is 0 Å². The Bertz CT molecular complexity index is 580. The van der Waals surface area contributed by atoms with Crippen molar-refractivity contribution in [3.63, 3.8) is 0 Å². The van der Waals surface area contributed by atoms with Gasteiger partial charge in [-0.2, -0.15) is 0 Å². The quantitative estimate of drug-likeness (QED) is 0.851. The SMILES string of the molecule is Nc1ccc(F)cc1N1CCN(c2ccccn2)CC1. The van der Waals surface area contributed by atoms with E-state index in [9.17, 15) is 4.39 Å². The van der Waals surface area contributed by atoms with Crippen molar-refractivity contribution < 1.29 is 4.39 Å². The van der Waals surface area contributed by atoms with Crippen LogP contribution >= 0.6 is 0 Å². The van der Waals surface area contributed by atoms with E-state index in [2.05, 4.69) is 14.8 Å². The third kappa shape index (κ3) is 2.52. The topological polar surface area (TPSA) is 45.4 Å². The van der Waals surface area contributed by atoms with E-state index < -0.39 is 0 Å². The summed E-state index contributed by atoms with van der Waals surface area (Å²) in [5, 5.41) is 0. The Morgan fingerprint density at radius 3 is 2.45 bits per heavy atom. The van der Waals surface area contributed by atoms with Crippen molar-refractivity contribution in [3.8, 4) is 0 Å². The van der Waals surface area contributed by atoms with Gasteiger partial charge in [-0.25, -0.2) is 9.37 Å². The van der Waals surface area contributed by atoms with E-state index in [1.807, 2.05) is 18.2 Å². The lowest BCUT2D eigenvalue weighted by Crippen LogP contribution is -2.47. The number of nitrogens with two attached hydrogens (primary N) is 1. The van der Waals surface area contributed by atoms with Crippen LogP contribution in [0, 0.1) is 5.82 Å². The summed E-state index contributed by atoms with van der Waals surface area (Å²) in [6, 6.07) is 10.4. The van der Waals surface area contributed by atoms with E-state index in [1.165, 1.54) is 12.1 Å². The zero-order chi connectivity index (χ0) is 13.9. The Hall–Kier alpha value is -2.30. The number of hydrogen-bond donors (Lipinski definition) is 1. The van der Waals surface area contributed by atoms with Crippen LogP contribution in [0.15, 0.2) is 42.6 Å². The van der Waals surface area contributed by atoms with Crippen LogP contribution in [0.3, 0.4) is 0 Å². The van der Waals surface area contributed by atoms with Crippen molar-refractivity contribution in [1.82, 2.24) is 4.98 Å². The maximum Gasteiger partial charge on any atom is 0.128 e. The van der Waals surface area contributed by atoms with Gasteiger partial charge in [0.05, 0.1) is 11.4 Å². The molecule has 0 saturated carbocycles. The van der Waals surface area contributed by atoms with Crippen LogP contribution in [0.25, 0.3) is 0 Å². The largest absolute Gasteiger partial charge is 0.397 e. The zero-order valence-corrected chi connectivity index (χ0v) is 11.2. The average molecular weight is 272 g/mol. The van der Waals surface area contributed by atoms with Gasteiger partial charge < -0.3 is 15.5 Å². The van der Waals surface area contributed by atoms with Gasteiger partial charge in [-0.1, -0.05) is 6.07 Å². The van der Waals surface area contributed by atoms with Gasteiger partial charge in [0.2, 0.25) is 0 Å². The molecule has 1 saturated heterocycles. The lowest BCUT2D eigenvalue weighted by atomic mass is 10.2. The molecular weight excluding hydrogens is 255 g/mol. The molecule has 0 amide bonds. The second kappa shape index (κ2) is 5.36. The minimum Gasteiger partial charge on any atom is -0.397 e. The minimum atomic E-state index is -0.249. The Morgan fingerprint density at radius 1 is 1.00 bits per heavy atom. The highest BCUT2D eigenvalue weighted by Crippen LogP contribution is 2.26. The van der Waals surface area contributed by atoms with Gasteiger partial charge >= 0.3 is 0 Å². The Kier molecular flexibility index (Phi) is 3.41. The first-order valence-corrected chi connectivity index (χ1v) is 6.70. The first-order valence-electron chi connectivity index (χ1n) is 6.70. The summed E-state index contributed by atoms with van der Waals surface area (Å²) >= 11 is 0. The Balaban J connectivity index is 1.71. The zero-order valence-electron chi connectivity index (χ0n) is 11.2. The van der Waals surface area contributed by atoms with Crippen LogP contribution in [-0.4, -0.2) is 31.2 Å². The highest BCUT2D eigenvalue weighted by atomic mass is 19.1. The smallest absolute Gasteiger partial charge is 0.128 e. The number of rotatable bonds is 2. The molecule has 1 aliphatic heterocycles. The fourth-order valence-electron chi connectivity index (χ4n) is 2.51. The van der Waals surface area contributed by atoms with Crippen molar-refractivity contribution in [2.75, 3.05) is 41.7 Å². The van der Waals surface area contributed by atoms with Crippen LogP contribution < -0.4 is 15.5 Å². The molecule has 4 nitrogen and oxygen atoms in total. The van der Waals surface area contributed by atoms with Crippen molar-refractivity contribution >= 4 is 17.2 Å². The molecule has 0 spiro atoms. The molecule has 0 bridgehead atoms. The summed E-state index contributed by atoms with van der Waals surface area (Å²) in [7, 11) is 0. The molecule has 0 atom stereocenters. The van der Waals surface area contributed by atoms with Crippen molar-refractivity contribution in [1.29, 1.82) is 0 Å². The molecule has 1 fully saturated rings. The molecule has 2 aromatic rings. The molecule has 1 aromatic carbocycles. The molecule has 5 heteroatoms. The van der Waals surface area contributed by atoms with Gasteiger partial charge in [0, 0.05) is 32.4 Å². The molecule has 0 aliphatic carbocycles.